The van der Waals surface area contributed by atoms with Crippen LogP contribution in [0.1, 0.15) is 20.3 Å². The van der Waals surface area contributed by atoms with E-state index in [2.05, 4.69) is 11.3 Å². The lowest BCUT2D eigenvalue weighted by Crippen LogP contribution is -2.27. The Morgan fingerprint density at radius 2 is 2.00 bits per heavy atom. The molecule has 14 heavy (non-hydrogen) atoms. The van der Waals surface area contributed by atoms with Crippen molar-refractivity contribution in [3.05, 3.63) is 12.7 Å². The summed E-state index contributed by atoms with van der Waals surface area (Å²) in [5, 5.41) is 0. The van der Waals surface area contributed by atoms with E-state index >= 15 is 0 Å². The van der Waals surface area contributed by atoms with Gasteiger partial charge < -0.3 is 9.47 Å². The molecular weight excluding hydrogens is 184 g/mol. The minimum absolute atomic E-state index is 0.187. The Morgan fingerprint density at radius 1 is 1.43 bits per heavy atom. The van der Waals surface area contributed by atoms with E-state index in [0.717, 1.165) is 6.08 Å². The van der Waals surface area contributed by atoms with Crippen LogP contribution in [0.15, 0.2) is 12.7 Å². The lowest BCUT2D eigenvalue weighted by molar-refractivity contribution is -0.153. The van der Waals surface area contributed by atoms with E-state index in [1.54, 1.807) is 13.8 Å². The molecule has 0 rings (SSSR count). The second-order valence-electron chi connectivity index (χ2n) is 3.50. The van der Waals surface area contributed by atoms with Crippen molar-refractivity contribution in [1.82, 2.24) is 0 Å². The first kappa shape index (κ1) is 12.7. The fourth-order valence-corrected chi connectivity index (χ4v) is 0.844. The first-order chi connectivity index (χ1) is 6.44. The number of carbonyl (C=O) groups excluding carboxylic acids is 2. The Bertz CT molecular complexity index is 230. The predicted octanol–water partition coefficient (Wildman–Crippen LogP) is 1.30. The van der Waals surface area contributed by atoms with Crippen LogP contribution in [-0.4, -0.2) is 25.7 Å². The molecule has 0 spiro atoms. The minimum atomic E-state index is -0.629. The molecule has 0 saturated carbocycles. The van der Waals surface area contributed by atoms with E-state index in [9.17, 15) is 9.59 Å². The van der Waals surface area contributed by atoms with Gasteiger partial charge in [0.15, 0.2) is 0 Å². The molecule has 0 fully saturated rings. The van der Waals surface area contributed by atoms with E-state index in [-0.39, 0.29) is 12.6 Å². The second kappa shape index (κ2) is 5.42. The molecule has 0 unspecified atom stereocenters. The van der Waals surface area contributed by atoms with Crippen LogP contribution in [0.3, 0.4) is 0 Å². The molecule has 0 amide bonds. The van der Waals surface area contributed by atoms with E-state index < -0.39 is 11.4 Å². The van der Waals surface area contributed by atoms with Crippen molar-refractivity contribution in [2.45, 2.75) is 20.3 Å². The topological polar surface area (TPSA) is 52.6 Å². The monoisotopic (exact) mass is 200 g/mol. The van der Waals surface area contributed by atoms with Gasteiger partial charge in [0.1, 0.15) is 0 Å². The summed E-state index contributed by atoms with van der Waals surface area (Å²) in [4.78, 5) is 21.9. The van der Waals surface area contributed by atoms with E-state index in [1.165, 1.54) is 7.11 Å². The third kappa shape index (κ3) is 4.07. The molecule has 4 nitrogen and oxygen atoms in total. The number of ether oxygens (including phenoxy) is 2. The molecule has 0 atom stereocenters. The third-order valence-corrected chi connectivity index (χ3v) is 1.88. The quantitative estimate of drug-likeness (QED) is 0.496. The molecule has 0 bridgehead atoms. The summed E-state index contributed by atoms with van der Waals surface area (Å²) in [5.74, 6) is -0.794. The van der Waals surface area contributed by atoms with Gasteiger partial charge in [0, 0.05) is 6.08 Å². The number of carbonyl (C=O) groups is 2. The largest absolute Gasteiger partial charge is 0.469 e. The zero-order valence-electron chi connectivity index (χ0n) is 8.83. The van der Waals surface area contributed by atoms with Gasteiger partial charge in [-0.2, -0.15) is 0 Å². The van der Waals surface area contributed by atoms with Gasteiger partial charge in [-0.3, -0.25) is 4.79 Å². The summed E-state index contributed by atoms with van der Waals surface area (Å²) >= 11 is 0. The average Bonchev–Trinajstić information content (AvgIpc) is 2.15. The molecule has 0 aromatic heterocycles. The van der Waals surface area contributed by atoms with E-state index in [1.807, 2.05) is 0 Å². The Morgan fingerprint density at radius 3 is 2.43 bits per heavy atom. The fraction of sp³-hybridized carbons (Fsp3) is 0.600. The average molecular weight is 200 g/mol. The number of methoxy groups -OCH3 is 1. The molecule has 0 aromatic carbocycles. The van der Waals surface area contributed by atoms with Crippen LogP contribution in [0.25, 0.3) is 0 Å². The summed E-state index contributed by atoms with van der Waals surface area (Å²) in [6.45, 7) is 6.92. The van der Waals surface area contributed by atoms with Crippen LogP contribution < -0.4 is 0 Å². The maximum Gasteiger partial charge on any atom is 0.330 e. The lowest BCUT2D eigenvalue weighted by atomic mass is 9.90. The smallest absolute Gasteiger partial charge is 0.330 e. The summed E-state index contributed by atoms with van der Waals surface area (Å²) in [7, 11) is 1.33. The van der Waals surface area contributed by atoms with Crippen LogP contribution in [0.4, 0.5) is 0 Å². The maximum absolute atomic E-state index is 11.2. The van der Waals surface area contributed by atoms with Crippen LogP contribution in [0, 0.1) is 5.41 Å². The minimum Gasteiger partial charge on any atom is -0.469 e. The second-order valence-corrected chi connectivity index (χ2v) is 3.50. The van der Waals surface area contributed by atoms with Crippen LogP contribution in [-0.2, 0) is 19.1 Å². The van der Waals surface area contributed by atoms with Crippen molar-refractivity contribution in [2.75, 3.05) is 13.7 Å². The number of hydrogen-bond donors (Lipinski definition) is 0. The van der Waals surface area contributed by atoms with Crippen LogP contribution in [0.5, 0.6) is 0 Å². The Labute approximate surface area is 83.9 Å². The standard InChI is InChI=1S/C10H16O4/c1-5-8(11)14-7-6-10(2,3)9(12)13-4/h5H,1,6-7H2,2-4H3. The molecule has 0 radical (unpaired) electrons. The van der Waals surface area contributed by atoms with Crippen molar-refractivity contribution in [3.63, 3.8) is 0 Å². The van der Waals surface area contributed by atoms with Gasteiger partial charge in [-0.15, -0.1) is 0 Å². The van der Waals surface area contributed by atoms with Crippen molar-refractivity contribution < 1.29 is 19.1 Å². The van der Waals surface area contributed by atoms with Crippen molar-refractivity contribution in [2.24, 2.45) is 5.41 Å². The molecule has 0 N–H and O–H groups in total. The highest BCUT2D eigenvalue weighted by molar-refractivity contribution is 5.81. The Kier molecular flexibility index (Phi) is 4.91. The molecule has 0 saturated heterocycles. The molecular formula is C10H16O4. The Hall–Kier alpha value is -1.32. The first-order valence-corrected chi connectivity index (χ1v) is 4.31. The van der Waals surface area contributed by atoms with Crippen molar-refractivity contribution in [1.29, 1.82) is 0 Å². The van der Waals surface area contributed by atoms with Crippen molar-refractivity contribution >= 4 is 11.9 Å². The fourth-order valence-electron chi connectivity index (χ4n) is 0.844. The molecule has 80 valence electrons. The zero-order chi connectivity index (χ0) is 11.2. The first-order valence-electron chi connectivity index (χ1n) is 4.31. The van der Waals surface area contributed by atoms with Gasteiger partial charge in [0.2, 0.25) is 0 Å². The van der Waals surface area contributed by atoms with Crippen LogP contribution in [0.2, 0.25) is 0 Å². The number of rotatable bonds is 5. The molecule has 4 heteroatoms. The summed E-state index contributed by atoms with van der Waals surface area (Å²) < 4.78 is 9.36. The SMILES string of the molecule is C=CC(=O)OCCC(C)(C)C(=O)OC. The van der Waals surface area contributed by atoms with Gasteiger partial charge in [-0.05, 0) is 20.3 Å². The van der Waals surface area contributed by atoms with Gasteiger partial charge in [0.05, 0.1) is 19.1 Å². The molecule has 0 aliphatic heterocycles. The zero-order valence-corrected chi connectivity index (χ0v) is 8.83. The van der Waals surface area contributed by atoms with Crippen molar-refractivity contribution in [3.8, 4) is 0 Å². The van der Waals surface area contributed by atoms with E-state index in [4.69, 9.17) is 4.74 Å². The number of hydrogen-bond acceptors (Lipinski definition) is 4. The van der Waals surface area contributed by atoms with Gasteiger partial charge >= 0.3 is 11.9 Å². The molecule has 0 aliphatic rings. The normalized spacial score (nSPS) is 10.5. The lowest BCUT2D eigenvalue weighted by Gasteiger charge is -2.20. The third-order valence-electron chi connectivity index (χ3n) is 1.88. The highest BCUT2D eigenvalue weighted by atomic mass is 16.5. The molecule has 0 aromatic rings. The summed E-state index contributed by atoms with van der Waals surface area (Å²) in [5.41, 5.74) is -0.629. The maximum atomic E-state index is 11.2. The summed E-state index contributed by atoms with van der Waals surface area (Å²) in [6.07, 6.45) is 1.52. The number of esters is 2. The molecule has 0 heterocycles. The van der Waals surface area contributed by atoms with Gasteiger partial charge in [-0.1, -0.05) is 6.58 Å². The van der Waals surface area contributed by atoms with Crippen LogP contribution >= 0.6 is 0 Å². The van der Waals surface area contributed by atoms with Gasteiger partial charge in [-0.25, -0.2) is 4.79 Å². The Balaban J connectivity index is 3.93. The highest BCUT2D eigenvalue weighted by Crippen LogP contribution is 2.21. The van der Waals surface area contributed by atoms with Gasteiger partial charge in [0.25, 0.3) is 0 Å². The molecule has 0 aliphatic carbocycles. The predicted molar refractivity (Wildman–Crippen MR) is 51.6 cm³/mol. The van der Waals surface area contributed by atoms with E-state index in [0.29, 0.717) is 6.42 Å². The highest BCUT2D eigenvalue weighted by Gasteiger charge is 2.28. The summed E-state index contributed by atoms with van der Waals surface area (Å²) in [6, 6.07) is 0.